The Morgan fingerprint density at radius 3 is 2.59 bits per heavy atom. The van der Waals surface area contributed by atoms with Gasteiger partial charge in [0.1, 0.15) is 11.6 Å². The summed E-state index contributed by atoms with van der Waals surface area (Å²) in [5, 5.41) is 16.1. The molecule has 0 spiro atoms. The van der Waals surface area contributed by atoms with Crippen molar-refractivity contribution in [1.82, 2.24) is 10.6 Å². The first-order valence-corrected chi connectivity index (χ1v) is 9.86. The lowest BCUT2D eigenvalue weighted by Crippen LogP contribution is -2.38. The molecule has 5 N–H and O–H groups in total. The molecule has 0 fully saturated rings. The van der Waals surface area contributed by atoms with Crippen LogP contribution in [0.3, 0.4) is 0 Å². The number of nitrogens with two attached hydrogens (primary N) is 1. The molecule has 1 atom stereocenters. The van der Waals surface area contributed by atoms with E-state index in [9.17, 15) is 14.7 Å². The summed E-state index contributed by atoms with van der Waals surface area (Å²) < 4.78 is 5.20. The van der Waals surface area contributed by atoms with Crippen LogP contribution in [0, 0.1) is 0 Å². The monoisotopic (exact) mass is 406 g/mol. The summed E-state index contributed by atoms with van der Waals surface area (Å²) in [6.45, 7) is 2.47. The van der Waals surface area contributed by atoms with Crippen molar-refractivity contribution in [3.63, 3.8) is 0 Å². The first-order valence-electron chi connectivity index (χ1n) is 9.86. The van der Waals surface area contributed by atoms with Crippen LogP contribution in [0.4, 0.5) is 0 Å². The number of carbonyl (C=O) groups is 2. The summed E-state index contributed by atoms with van der Waals surface area (Å²) >= 11 is 0. The van der Waals surface area contributed by atoms with Crippen molar-refractivity contribution in [3.8, 4) is 11.5 Å². The number of nitrogens with one attached hydrogen (secondary N) is 2. The first-order chi connectivity index (χ1) is 13.8. The third-order valence-electron chi connectivity index (χ3n) is 4.62. The molecule has 1 aromatic carbocycles. The maximum absolute atomic E-state index is 12.2. The van der Waals surface area contributed by atoms with E-state index in [1.165, 1.54) is 7.11 Å². The Balaban J connectivity index is 2.45. The highest BCUT2D eigenvalue weighted by Crippen LogP contribution is 2.32. The van der Waals surface area contributed by atoms with Gasteiger partial charge in [0, 0.05) is 38.0 Å². The van der Waals surface area contributed by atoms with Crippen LogP contribution in [0.15, 0.2) is 17.1 Å². The van der Waals surface area contributed by atoms with Crippen molar-refractivity contribution in [2.45, 2.75) is 58.0 Å². The number of carbonyl (C=O) groups excluding carboxylic acids is 2. The van der Waals surface area contributed by atoms with Gasteiger partial charge in [-0.2, -0.15) is 0 Å². The summed E-state index contributed by atoms with van der Waals surface area (Å²) in [5.74, 6) is 0.738. The lowest BCUT2D eigenvalue weighted by molar-refractivity contribution is -0.127. The molecule has 0 saturated carbocycles. The smallest absolute Gasteiger partial charge is 0.188 e. The highest BCUT2D eigenvalue weighted by molar-refractivity contribution is 5.99. The Kier molecular flexibility index (Phi) is 10.8. The van der Waals surface area contributed by atoms with E-state index in [1.54, 1.807) is 20.2 Å². The number of phenolic OH excluding ortho intramolecular Hbond substituents is 1. The Morgan fingerprint density at radius 2 is 1.97 bits per heavy atom. The van der Waals surface area contributed by atoms with Gasteiger partial charge >= 0.3 is 0 Å². The number of rotatable bonds is 13. The van der Waals surface area contributed by atoms with Crippen molar-refractivity contribution in [2.24, 2.45) is 10.7 Å². The third kappa shape index (κ3) is 8.95. The molecular weight excluding hydrogens is 372 g/mol. The summed E-state index contributed by atoms with van der Waals surface area (Å²) in [7, 11) is 4.89. The van der Waals surface area contributed by atoms with Gasteiger partial charge in [-0.15, -0.1) is 0 Å². The second-order valence-corrected chi connectivity index (χ2v) is 7.14. The minimum atomic E-state index is -0.0780. The molecule has 0 aliphatic rings. The van der Waals surface area contributed by atoms with Gasteiger partial charge in [0.25, 0.3) is 0 Å². The molecule has 29 heavy (non-hydrogen) atoms. The molecule has 1 rings (SSSR count). The number of aryl methyl sites for hydroxylation is 1. The van der Waals surface area contributed by atoms with Gasteiger partial charge in [0.15, 0.2) is 17.5 Å². The molecule has 0 aliphatic heterocycles. The zero-order chi connectivity index (χ0) is 21.8. The van der Waals surface area contributed by atoms with Crippen LogP contribution < -0.4 is 21.1 Å². The van der Waals surface area contributed by atoms with Crippen molar-refractivity contribution in [3.05, 3.63) is 23.3 Å². The van der Waals surface area contributed by atoms with E-state index in [4.69, 9.17) is 10.5 Å². The van der Waals surface area contributed by atoms with E-state index in [0.29, 0.717) is 43.1 Å². The number of ketones is 2. The van der Waals surface area contributed by atoms with Gasteiger partial charge in [0.05, 0.1) is 13.5 Å². The number of aromatic hydroxyl groups is 1. The second-order valence-electron chi connectivity index (χ2n) is 7.14. The fourth-order valence-electron chi connectivity index (χ4n) is 3.03. The number of hydrogen-bond acceptors (Lipinski definition) is 6. The van der Waals surface area contributed by atoms with E-state index in [0.717, 1.165) is 12.0 Å². The molecule has 0 saturated heterocycles. The Hall–Kier alpha value is -2.61. The zero-order valence-corrected chi connectivity index (χ0v) is 17.9. The number of Topliss-reactive ketones (excluding diaryl/α,β-unsaturated/α-hetero) is 2. The molecule has 1 aromatic rings. The van der Waals surface area contributed by atoms with Crippen molar-refractivity contribution >= 4 is 17.5 Å². The third-order valence-corrected chi connectivity index (χ3v) is 4.62. The number of benzene rings is 1. The van der Waals surface area contributed by atoms with Gasteiger partial charge in [-0.25, -0.2) is 0 Å². The SMILES string of the molecule is CN=C(N)N[C@@H](C)CCCC(=O)CC(=O)CCc1cc(CNC)c(O)c(OC)c1. The largest absolute Gasteiger partial charge is 0.504 e. The lowest BCUT2D eigenvalue weighted by Gasteiger charge is -2.13. The van der Waals surface area contributed by atoms with Crippen LogP contribution in [-0.2, 0) is 22.6 Å². The maximum Gasteiger partial charge on any atom is 0.188 e. The maximum atomic E-state index is 12.2. The van der Waals surface area contributed by atoms with Crippen LogP contribution >= 0.6 is 0 Å². The van der Waals surface area contributed by atoms with E-state index in [1.807, 2.05) is 13.0 Å². The van der Waals surface area contributed by atoms with Crippen LogP contribution in [0.25, 0.3) is 0 Å². The predicted molar refractivity (Wildman–Crippen MR) is 114 cm³/mol. The number of hydrogen-bond donors (Lipinski definition) is 4. The van der Waals surface area contributed by atoms with Gasteiger partial charge in [-0.3, -0.25) is 14.6 Å². The quantitative estimate of drug-likeness (QED) is 0.223. The van der Waals surface area contributed by atoms with Crippen LogP contribution in [-0.4, -0.2) is 49.9 Å². The molecular formula is C21H34N4O4. The fourth-order valence-corrected chi connectivity index (χ4v) is 3.03. The topological polar surface area (TPSA) is 126 Å². The van der Waals surface area contributed by atoms with E-state index < -0.39 is 0 Å². The molecule has 8 heteroatoms. The highest BCUT2D eigenvalue weighted by Gasteiger charge is 2.14. The summed E-state index contributed by atoms with van der Waals surface area (Å²) in [6.07, 6.45) is 2.58. The Bertz CT molecular complexity index is 719. The summed E-state index contributed by atoms with van der Waals surface area (Å²) in [6, 6.07) is 3.70. The van der Waals surface area contributed by atoms with Crippen molar-refractivity contribution in [2.75, 3.05) is 21.2 Å². The van der Waals surface area contributed by atoms with Gasteiger partial charge < -0.3 is 26.2 Å². The van der Waals surface area contributed by atoms with Crippen molar-refractivity contribution < 1.29 is 19.4 Å². The van der Waals surface area contributed by atoms with Crippen LogP contribution in [0.5, 0.6) is 11.5 Å². The normalized spacial score (nSPS) is 12.5. The van der Waals surface area contributed by atoms with Gasteiger partial charge in [-0.1, -0.05) is 6.07 Å². The molecule has 0 unspecified atom stereocenters. The van der Waals surface area contributed by atoms with Gasteiger partial charge in [-0.05, 0) is 44.9 Å². The Morgan fingerprint density at radius 1 is 1.28 bits per heavy atom. The number of guanidine groups is 1. The highest BCUT2D eigenvalue weighted by atomic mass is 16.5. The zero-order valence-electron chi connectivity index (χ0n) is 17.9. The average molecular weight is 407 g/mol. The first kappa shape index (κ1) is 24.4. The van der Waals surface area contributed by atoms with E-state index in [-0.39, 0.29) is 36.2 Å². The molecule has 162 valence electrons. The molecule has 0 aromatic heterocycles. The van der Waals surface area contributed by atoms with Crippen molar-refractivity contribution in [1.29, 1.82) is 0 Å². The fraction of sp³-hybridized carbons (Fsp3) is 0.571. The average Bonchev–Trinajstić information content (AvgIpc) is 2.68. The molecule has 0 radical (unpaired) electrons. The summed E-state index contributed by atoms with van der Waals surface area (Å²) in [4.78, 5) is 28.1. The standard InChI is InChI=1S/C21H34N4O4/c1-14(25-21(22)24-3)6-5-7-17(26)12-18(27)9-8-15-10-16(13-23-2)20(28)19(11-15)29-4/h10-11,14,23,28H,5-9,12-13H2,1-4H3,(H3,22,24,25)/t14-/m0/s1. The number of methoxy groups -OCH3 is 1. The summed E-state index contributed by atoms with van der Waals surface area (Å²) in [5.41, 5.74) is 7.21. The van der Waals surface area contributed by atoms with Crippen LogP contribution in [0.2, 0.25) is 0 Å². The minimum absolute atomic E-state index is 0.0427. The Labute approximate surface area is 172 Å². The number of aliphatic imine (C=N–C) groups is 1. The second kappa shape index (κ2) is 12.8. The van der Waals surface area contributed by atoms with Crippen LogP contribution in [0.1, 0.15) is 50.2 Å². The number of phenols is 1. The molecule has 8 nitrogen and oxygen atoms in total. The number of ether oxygens (including phenoxy) is 1. The number of nitrogens with zero attached hydrogens (tertiary/aromatic N) is 1. The van der Waals surface area contributed by atoms with E-state index in [2.05, 4.69) is 15.6 Å². The predicted octanol–water partition coefficient (Wildman–Crippen LogP) is 1.67. The minimum Gasteiger partial charge on any atom is -0.504 e. The lowest BCUT2D eigenvalue weighted by atomic mass is 10.00. The van der Waals surface area contributed by atoms with Gasteiger partial charge in [0.2, 0.25) is 0 Å². The molecule has 0 aliphatic carbocycles. The molecule has 0 bridgehead atoms. The molecule has 0 amide bonds. The van der Waals surface area contributed by atoms with E-state index >= 15 is 0 Å². The molecule has 0 heterocycles.